The first kappa shape index (κ1) is 52.0. The molecule has 0 amide bonds. The van der Waals surface area contributed by atoms with E-state index >= 15 is 0 Å². The molecule has 3 heterocycles. The Labute approximate surface area is 381 Å². The molecule has 9 heteroatoms. The molecule has 1 saturated heterocycles. The molecule has 1 atom stereocenters. The van der Waals surface area contributed by atoms with Crippen molar-refractivity contribution in [2.24, 2.45) is 0 Å². The lowest BCUT2D eigenvalue weighted by atomic mass is 9.99. The van der Waals surface area contributed by atoms with E-state index in [1.165, 1.54) is 22.1 Å². The van der Waals surface area contributed by atoms with Crippen LogP contribution in [0, 0.1) is 20.8 Å². The van der Waals surface area contributed by atoms with Gasteiger partial charge in [0.1, 0.15) is 0 Å². The van der Waals surface area contributed by atoms with Gasteiger partial charge in [0.15, 0.2) is 0 Å². The van der Waals surface area contributed by atoms with Gasteiger partial charge in [0.2, 0.25) is 0 Å². The van der Waals surface area contributed by atoms with E-state index in [1.807, 2.05) is 19.9 Å². The van der Waals surface area contributed by atoms with Crippen molar-refractivity contribution >= 4 is 29.3 Å². The zero-order valence-corrected chi connectivity index (χ0v) is 40.8. The van der Waals surface area contributed by atoms with E-state index in [9.17, 15) is 0 Å². The number of hydrogen-bond donors (Lipinski definition) is 6. The zero-order chi connectivity index (χ0) is 46.6. The van der Waals surface area contributed by atoms with Gasteiger partial charge in [-0.25, -0.2) is 0 Å². The maximum absolute atomic E-state index is 4.53. The normalized spacial score (nSPS) is 14.6. The number of aromatic nitrogens is 2. The van der Waals surface area contributed by atoms with Crippen molar-refractivity contribution in [3.63, 3.8) is 0 Å². The van der Waals surface area contributed by atoms with Crippen LogP contribution in [0.5, 0.6) is 0 Å². The SMILES string of the molecule is C=CNC(=C)C(CCC)N(C)C(=C)C(=C(/C)C=C)/C(=C\C)NCCCCNC(=C)CN1CCN(CCCNC(=C)c2c(C)[nH]c(/C=c3\c(=C)[nH]c4ccc(C)cc34)c2C)CC1.CC. The Morgan fingerprint density at radius 3 is 2.19 bits per heavy atom. The van der Waals surface area contributed by atoms with Crippen molar-refractivity contribution in [2.45, 2.75) is 93.5 Å². The molecular weight excluding hydrogens is 775 g/mol. The molecule has 1 aromatic carbocycles. The van der Waals surface area contributed by atoms with Gasteiger partial charge in [-0.15, -0.1) is 0 Å². The molecule has 6 N–H and O–H groups in total. The number of H-pyrrole nitrogens is 2. The largest absolute Gasteiger partial charge is 0.388 e. The summed E-state index contributed by atoms with van der Waals surface area (Å²) in [6.07, 6.45) is 13.1. The third kappa shape index (κ3) is 14.6. The minimum Gasteiger partial charge on any atom is -0.388 e. The van der Waals surface area contributed by atoms with Gasteiger partial charge in [-0.1, -0.05) is 97.0 Å². The molecule has 0 aliphatic carbocycles. The highest BCUT2D eigenvalue weighted by atomic mass is 15.3. The molecule has 9 nitrogen and oxygen atoms in total. The number of rotatable bonds is 26. The van der Waals surface area contributed by atoms with E-state index in [2.05, 4.69) is 171 Å². The van der Waals surface area contributed by atoms with Gasteiger partial charge in [-0.2, -0.15) is 0 Å². The number of nitrogens with one attached hydrogen (secondary N) is 6. The van der Waals surface area contributed by atoms with Crippen LogP contribution in [0.3, 0.4) is 0 Å². The molecule has 63 heavy (non-hydrogen) atoms. The molecule has 1 aliphatic heterocycles. The summed E-state index contributed by atoms with van der Waals surface area (Å²) in [6.45, 7) is 55.4. The first-order valence-corrected chi connectivity index (χ1v) is 23.2. The van der Waals surface area contributed by atoms with Gasteiger partial charge in [-0.05, 0) is 102 Å². The van der Waals surface area contributed by atoms with Crippen molar-refractivity contribution in [3.05, 3.63) is 149 Å². The van der Waals surface area contributed by atoms with Crippen molar-refractivity contribution < 1.29 is 0 Å². The summed E-state index contributed by atoms with van der Waals surface area (Å²) < 4.78 is 0. The number of benzene rings is 1. The lowest BCUT2D eigenvalue weighted by Gasteiger charge is -2.35. The summed E-state index contributed by atoms with van der Waals surface area (Å²) in [5, 5.41) is 17.4. The number of aryl methyl sites for hydroxylation is 2. The summed E-state index contributed by atoms with van der Waals surface area (Å²) in [4.78, 5) is 14.4. The highest BCUT2D eigenvalue weighted by Crippen LogP contribution is 2.28. The highest BCUT2D eigenvalue weighted by molar-refractivity contribution is 5.83. The van der Waals surface area contributed by atoms with Crippen LogP contribution in [0.1, 0.15) is 94.8 Å². The van der Waals surface area contributed by atoms with E-state index in [1.54, 1.807) is 6.20 Å². The highest BCUT2D eigenvalue weighted by Gasteiger charge is 2.23. The Morgan fingerprint density at radius 2 is 1.56 bits per heavy atom. The molecule has 0 bridgehead atoms. The van der Waals surface area contributed by atoms with Crippen LogP contribution < -0.4 is 31.8 Å². The molecule has 0 radical (unpaired) electrons. The maximum atomic E-state index is 4.53. The van der Waals surface area contributed by atoms with E-state index in [4.69, 9.17) is 0 Å². The monoisotopic (exact) mass is 858 g/mol. The van der Waals surface area contributed by atoms with Crippen LogP contribution in [0.15, 0.2) is 110 Å². The Morgan fingerprint density at radius 1 is 0.905 bits per heavy atom. The average molecular weight is 858 g/mol. The summed E-state index contributed by atoms with van der Waals surface area (Å²) in [6, 6.07) is 6.58. The van der Waals surface area contributed by atoms with Gasteiger partial charge in [0.25, 0.3) is 0 Å². The summed E-state index contributed by atoms with van der Waals surface area (Å²) in [7, 11) is 2.09. The average Bonchev–Trinajstić information content (AvgIpc) is 3.74. The zero-order valence-electron chi connectivity index (χ0n) is 40.8. The number of likely N-dealkylation sites (N-methyl/N-ethyl adjacent to an activating group) is 1. The van der Waals surface area contributed by atoms with Crippen LogP contribution in [-0.2, 0) is 0 Å². The second kappa shape index (κ2) is 26.3. The summed E-state index contributed by atoms with van der Waals surface area (Å²) >= 11 is 0. The standard InChI is InChI=1S/C52H77N9.C2H6/c1-15-22-50(41(10)53-18-4)59(14)44(13)51(37(6)16-2)47(17-3)56-26-20-19-25-54-38(7)35-61-31-29-60(30-32-61)28-21-27-55-42(11)52-39(8)49(58-43(52)12)34-45-40(9)57-48-24-23-36(5)33-46(45)48;1-2/h16-18,23-24,33-34,50,53-58H,2,4,7,9-11,13,15,19-22,25-32,35H2,1,3,5-6,8,12,14H3;1-2H3/b45-34+,47-17+,51-37+;. The fourth-order valence-corrected chi connectivity index (χ4v) is 8.43. The second-order valence-corrected chi connectivity index (χ2v) is 16.6. The third-order valence-electron chi connectivity index (χ3n) is 12.0. The lowest BCUT2D eigenvalue weighted by Crippen LogP contribution is -2.48. The quantitative estimate of drug-likeness (QED) is 0.0355. The molecule has 4 rings (SSSR count). The van der Waals surface area contributed by atoms with Gasteiger partial charge in [0.05, 0.1) is 6.04 Å². The van der Waals surface area contributed by atoms with Crippen molar-refractivity contribution in [1.29, 1.82) is 0 Å². The Balaban J connectivity index is 0.00000520. The number of aromatic amines is 2. The number of nitrogens with zero attached hydrogens (tertiary/aromatic N) is 3. The molecule has 2 aromatic heterocycles. The van der Waals surface area contributed by atoms with Gasteiger partial charge in [0, 0.05) is 132 Å². The Bertz CT molecular complexity index is 2200. The van der Waals surface area contributed by atoms with Gasteiger partial charge < -0.3 is 41.0 Å². The van der Waals surface area contributed by atoms with Crippen LogP contribution >= 0.6 is 0 Å². The maximum Gasteiger partial charge on any atom is 0.0682 e. The number of unbranched alkanes of at least 4 members (excludes halogenated alkanes) is 1. The first-order valence-electron chi connectivity index (χ1n) is 23.2. The minimum atomic E-state index is 0.0954. The topological polar surface area (TPSA) is 89.4 Å². The summed E-state index contributed by atoms with van der Waals surface area (Å²) in [5.41, 5.74) is 14.1. The molecular formula is C54H83N9. The number of fused-ring (bicyclic) bond motifs is 1. The first-order chi connectivity index (χ1) is 30.2. The fourth-order valence-electron chi connectivity index (χ4n) is 8.43. The van der Waals surface area contributed by atoms with E-state index in [-0.39, 0.29) is 6.04 Å². The molecule has 344 valence electrons. The second-order valence-electron chi connectivity index (χ2n) is 16.6. The van der Waals surface area contributed by atoms with Crippen molar-refractivity contribution in [2.75, 3.05) is 66.0 Å². The molecule has 1 aliphatic rings. The number of hydrogen-bond acceptors (Lipinski definition) is 7. The van der Waals surface area contributed by atoms with Crippen LogP contribution in [0.25, 0.3) is 29.3 Å². The molecule has 3 aromatic rings. The van der Waals surface area contributed by atoms with E-state index < -0.39 is 0 Å². The van der Waals surface area contributed by atoms with Crippen LogP contribution in [-0.4, -0.2) is 96.7 Å². The Kier molecular flexibility index (Phi) is 21.7. The molecule has 0 saturated carbocycles. The van der Waals surface area contributed by atoms with Gasteiger partial charge >= 0.3 is 0 Å². The molecule has 1 fully saturated rings. The fraction of sp³-hybridized carbons (Fsp3) is 0.444. The van der Waals surface area contributed by atoms with Crippen LogP contribution in [0.2, 0.25) is 0 Å². The predicted molar refractivity (Wildman–Crippen MR) is 277 cm³/mol. The third-order valence-corrected chi connectivity index (χ3v) is 12.0. The molecule has 1 unspecified atom stereocenters. The Hall–Kier alpha value is -5.38. The van der Waals surface area contributed by atoms with Crippen molar-refractivity contribution in [1.82, 2.24) is 45.9 Å². The number of piperazine rings is 1. The summed E-state index contributed by atoms with van der Waals surface area (Å²) in [5.74, 6) is 0. The molecule has 0 spiro atoms. The van der Waals surface area contributed by atoms with Crippen molar-refractivity contribution in [3.8, 4) is 0 Å². The van der Waals surface area contributed by atoms with Crippen LogP contribution in [0.4, 0.5) is 0 Å². The van der Waals surface area contributed by atoms with E-state index in [0.29, 0.717) is 0 Å². The lowest BCUT2D eigenvalue weighted by molar-refractivity contribution is 0.138. The van der Waals surface area contributed by atoms with Gasteiger partial charge in [-0.3, -0.25) is 4.90 Å². The number of allylic oxidation sites excluding steroid dienone is 3. The minimum absolute atomic E-state index is 0.0954. The smallest absolute Gasteiger partial charge is 0.0682 e. The van der Waals surface area contributed by atoms with E-state index in [0.717, 1.165) is 158 Å². The predicted octanol–water partition coefficient (Wildman–Crippen LogP) is 8.99.